The normalized spacial score (nSPS) is 15.6. The molecule has 1 fully saturated rings. The van der Waals surface area contributed by atoms with E-state index in [4.69, 9.17) is 5.73 Å². The van der Waals surface area contributed by atoms with E-state index in [-0.39, 0.29) is 17.4 Å². The van der Waals surface area contributed by atoms with Gasteiger partial charge in [0, 0.05) is 20.5 Å². The summed E-state index contributed by atoms with van der Waals surface area (Å²) in [4.78, 5) is 24.1. The minimum absolute atomic E-state index is 0.106. The Labute approximate surface area is 129 Å². The van der Waals surface area contributed by atoms with Crippen LogP contribution >= 0.6 is 11.3 Å². The molecule has 1 saturated carbocycles. The average Bonchev–Trinajstić information content (AvgIpc) is 3.12. The van der Waals surface area contributed by atoms with Gasteiger partial charge in [-0.05, 0) is 24.7 Å². The Morgan fingerprint density at radius 1 is 1.38 bits per heavy atom. The first-order chi connectivity index (χ1) is 9.94. The number of nitrogens with two attached hydrogens (primary N) is 1. The molecular weight excluding hydrogens is 286 g/mol. The van der Waals surface area contributed by atoms with Crippen LogP contribution in [0.25, 0.3) is 0 Å². The Bertz CT molecular complexity index is 562. The number of carbonyl (C=O) groups excluding carboxylic acids is 2. The van der Waals surface area contributed by atoms with Gasteiger partial charge in [0.15, 0.2) is 5.78 Å². The minimum atomic E-state index is -0.251. The number of ketones is 1. The van der Waals surface area contributed by atoms with Crippen LogP contribution in [0.1, 0.15) is 59.6 Å². The molecule has 1 amide bonds. The molecule has 0 unspecified atom stereocenters. The van der Waals surface area contributed by atoms with Crippen molar-refractivity contribution in [3.8, 4) is 0 Å². The van der Waals surface area contributed by atoms with Crippen molar-refractivity contribution >= 4 is 33.7 Å². The van der Waals surface area contributed by atoms with E-state index >= 15 is 0 Å². The van der Waals surface area contributed by atoms with Crippen LogP contribution in [-0.2, 0) is 0 Å². The van der Waals surface area contributed by atoms with E-state index in [0.29, 0.717) is 20.9 Å². The van der Waals surface area contributed by atoms with Gasteiger partial charge in [0.25, 0.3) is 5.91 Å². The topological polar surface area (TPSA) is 84.2 Å². The maximum Gasteiger partial charge on any atom is 0.256 e. The number of thiophene rings is 1. The summed E-state index contributed by atoms with van der Waals surface area (Å²) in [5.41, 5.74) is 7.04. The molecule has 21 heavy (non-hydrogen) atoms. The van der Waals surface area contributed by atoms with Gasteiger partial charge in [-0.15, -0.1) is 11.3 Å². The Morgan fingerprint density at radius 2 is 2.05 bits per heavy atom. The Balaban J connectivity index is 2.23. The summed E-state index contributed by atoms with van der Waals surface area (Å²) in [6.07, 6.45) is 4.80. The molecule has 1 heterocycles. The summed E-state index contributed by atoms with van der Waals surface area (Å²) < 4.78 is 0. The minimum Gasteiger partial charge on any atom is -0.397 e. The van der Waals surface area contributed by atoms with E-state index in [9.17, 15) is 9.59 Å². The number of Topliss-reactive ketones (excluding diaryl/α,β-unsaturated/α-hetero) is 1. The van der Waals surface area contributed by atoms with Gasteiger partial charge in [-0.1, -0.05) is 13.3 Å². The van der Waals surface area contributed by atoms with Crippen LogP contribution in [0, 0.1) is 5.41 Å². The second-order valence-corrected chi connectivity index (χ2v) is 6.81. The van der Waals surface area contributed by atoms with Gasteiger partial charge in [0.05, 0.1) is 16.1 Å². The van der Waals surface area contributed by atoms with E-state index < -0.39 is 0 Å². The second-order valence-electron chi connectivity index (χ2n) is 5.79. The third-order valence-corrected chi connectivity index (χ3v) is 5.34. The van der Waals surface area contributed by atoms with Crippen LogP contribution in [0.2, 0.25) is 0 Å². The van der Waals surface area contributed by atoms with Gasteiger partial charge >= 0.3 is 0 Å². The van der Waals surface area contributed by atoms with Crippen LogP contribution < -0.4 is 16.4 Å². The third-order valence-electron chi connectivity index (χ3n) is 4.08. The summed E-state index contributed by atoms with van der Waals surface area (Å²) in [6.45, 7) is 4.49. The number of nitrogens with one attached hydrogen (secondary N) is 2. The summed E-state index contributed by atoms with van der Waals surface area (Å²) in [7, 11) is 1.57. The van der Waals surface area contributed by atoms with Gasteiger partial charge in [-0.25, -0.2) is 0 Å². The van der Waals surface area contributed by atoms with Crippen LogP contribution in [-0.4, -0.2) is 25.3 Å². The number of nitrogen functional groups attached to an aromatic ring is 1. The summed E-state index contributed by atoms with van der Waals surface area (Å²) in [6, 6.07) is 0. The zero-order chi connectivity index (χ0) is 15.6. The number of carbonyl (C=O) groups is 2. The summed E-state index contributed by atoms with van der Waals surface area (Å²) in [5, 5.41) is 6.65. The molecule has 4 N–H and O–H groups in total. The molecule has 1 aromatic heterocycles. The number of hydrogen-bond donors (Lipinski definition) is 3. The van der Waals surface area contributed by atoms with Crippen LogP contribution in [0.5, 0.6) is 0 Å². The molecule has 0 spiro atoms. The molecule has 116 valence electrons. The van der Waals surface area contributed by atoms with Crippen molar-refractivity contribution in [1.82, 2.24) is 5.32 Å². The Morgan fingerprint density at radius 3 is 2.52 bits per heavy atom. The Hall–Kier alpha value is -1.56. The summed E-state index contributed by atoms with van der Waals surface area (Å²) in [5.74, 6) is -0.357. The maximum absolute atomic E-state index is 12.0. The van der Waals surface area contributed by atoms with Crippen molar-refractivity contribution in [1.29, 1.82) is 0 Å². The SMILES string of the molecule is CCCC1(CNc2sc(C(C)=O)c(N)c2C(=O)NC)CC1. The molecule has 1 aliphatic rings. The van der Waals surface area contributed by atoms with Gasteiger partial charge < -0.3 is 16.4 Å². The lowest BCUT2D eigenvalue weighted by Gasteiger charge is -2.15. The first kappa shape index (κ1) is 15.8. The lowest BCUT2D eigenvalue weighted by molar-refractivity contribution is 0.0965. The second kappa shape index (κ2) is 6.05. The van der Waals surface area contributed by atoms with E-state index in [1.165, 1.54) is 37.5 Å². The highest BCUT2D eigenvalue weighted by atomic mass is 32.1. The number of hydrogen-bond acceptors (Lipinski definition) is 5. The van der Waals surface area contributed by atoms with Crippen molar-refractivity contribution in [2.24, 2.45) is 5.41 Å². The first-order valence-corrected chi connectivity index (χ1v) is 8.15. The van der Waals surface area contributed by atoms with Gasteiger partial charge in [-0.3, -0.25) is 9.59 Å². The molecule has 0 aromatic carbocycles. The van der Waals surface area contributed by atoms with Gasteiger partial charge in [0.2, 0.25) is 0 Å². The first-order valence-electron chi connectivity index (χ1n) is 7.33. The van der Waals surface area contributed by atoms with Crippen LogP contribution in [0.4, 0.5) is 10.7 Å². The highest BCUT2D eigenvalue weighted by molar-refractivity contribution is 7.19. The van der Waals surface area contributed by atoms with Crippen molar-refractivity contribution in [3.63, 3.8) is 0 Å². The maximum atomic E-state index is 12.0. The molecule has 0 atom stereocenters. The zero-order valence-corrected chi connectivity index (χ0v) is 13.7. The van der Waals surface area contributed by atoms with Crippen LogP contribution in [0.3, 0.4) is 0 Å². The van der Waals surface area contributed by atoms with Gasteiger partial charge in [-0.2, -0.15) is 0 Å². The van der Waals surface area contributed by atoms with Crippen molar-refractivity contribution < 1.29 is 9.59 Å². The Kier molecular flexibility index (Phi) is 4.56. The number of rotatable bonds is 7. The lowest BCUT2D eigenvalue weighted by atomic mass is 10.0. The molecule has 0 bridgehead atoms. The molecule has 6 heteroatoms. The highest BCUT2D eigenvalue weighted by Gasteiger charge is 2.41. The fraction of sp³-hybridized carbons (Fsp3) is 0.600. The van der Waals surface area contributed by atoms with Crippen molar-refractivity contribution in [2.45, 2.75) is 39.5 Å². The quantitative estimate of drug-likeness (QED) is 0.676. The standard InChI is InChI=1S/C15H23N3O2S/c1-4-5-15(6-7-15)8-18-14-10(13(20)17-3)11(16)12(21-14)9(2)19/h18H,4-8,16H2,1-3H3,(H,17,20). The van der Waals surface area contributed by atoms with E-state index in [1.807, 2.05) is 0 Å². The van der Waals surface area contributed by atoms with Gasteiger partial charge in [0.1, 0.15) is 5.00 Å². The van der Waals surface area contributed by atoms with Crippen LogP contribution in [0.15, 0.2) is 0 Å². The molecule has 1 aromatic rings. The average molecular weight is 309 g/mol. The molecular formula is C15H23N3O2S. The van der Waals surface area contributed by atoms with E-state index in [1.54, 1.807) is 7.05 Å². The highest BCUT2D eigenvalue weighted by Crippen LogP contribution is 2.50. The lowest BCUT2D eigenvalue weighted by Crippen LogP contribution is -2.21. The molecule has 0 radical (unpaired) electrons. The van der Waals surface area contributed by atoms with E-state index in [0.717, 1.165) is 13.0 Å². The molecule has 0 saturated heterocycles. The monoisotopic (exact) mass is 309 g/mol. The fourth-order valence-electron chi connectivity index (χ4n) is 2.67. The zero-order valence-electron chi connectivity index (χ0n) is 12.8. The number of amides is 1. The fourth-order valence-corrected chi connectivity index (χ4v) is 3.68. The predicted octanol–water partition coefficient (Wildman–Crippen LogP) is 2.88. The molecule has 5 nitrogen and oxygen atoms in total. The van der Waals surface area contributed by atoms with Crippen molar-refractivity contribution in [2.75, 3.05) is 24.6 Å². The van der Waals surface area contributed by atoms with Crippen molar-refractivity contribution in [3.05, 3.63) is 10.4 Å². The largest absolute Gasteiger partial charge is 0.397 e. The predicted molar refractivity (Wildman–Crippen MR) is 87.2 cm³/mol. The smallest absolute Gasteiger partial charge is 0.256 e. The number of anilines is 2. The molecule has 2 rings (SSSR count). The summed E-state index contributed by atoms with van der Waals surface area (Å²) >= 11 is 1.28. The van der Waals surface area contributed by atoms with E-state index in [2.05, 4.69) is 17.6 Å². The molecule has 1 aliphatic carbocycles. The third kappa shape index (κ3) is 3.20. The molecule has 0 aliphatic heterocycles.